The van der Waals surface area contributed by atoms with Crippen LogP contribution in [0, 0.1) is 12.8 Å². The van der Waals surface area contributed by atoms with Crippen LogP contribution in [0.1, 0.15) is 44.6 Å². The summed E-state index contributed by atoms with van der Waals surface area (Å²) < 4.78 is 0. The van der Waals surface area contributed by atoms with Crippen LogP contribution in [0.2, 0.25) is 0 Å². The van der Waals surface area contributed by atoms with E-state index in [1.165, 1.54) is 32.1 Å². The molecule has 0 spiro atoms. The Morgan fingerprint density at radius 1 is 1.29 bits per heavy atom. The average molecular weight is 233 g/mol. The van der Waals surface area contributed by atoms with Crippen LogP contribution < -0.4 is 11.1 Å². The Morgan fingerprint density at radius 3 is 2.88 bits per heavy atom. The molecule has 0 amide bonds. The molecule has 3 N–H and O–H groups in total. The summed E-state index contributed by atoms with van der Waals surface area (Å²) in [7, 11) is 0. The minimum absolute atomic E-state index is 0.522. The fourth-order valence-corrected chi connectivity index (χ4v) is 2.57. The smallest absolute Gasteiger partial charge is 0.149 e. The normalized spacial score (nSPS) is 25.3. The van der Waals surface area contributed by atoms with Crippen LogP contribution >= 0.6 is 0 Å². The van der Waals surface area contributed by atoms with E-state index in [9.17, 15) is 0 Å². The second-order valence-electron chi connectivity index (χ2n) is 5.26. The molecular weight excluding hydrogens is 210 g/mol. The van der Waals surface area contributed by atoms with Gasteiger partial charge in [-0.3, -0.25) is 0 Å². The molecule has 0 saturated heterocycles. The lowest BCUT2D eigenvalue weighted by molar-refractivity contribution is 0.456. The van der Waals surface area contributed by atoms with Crippen LogP contribution in [-0.4, -0.2) is 11.0 Å². The lowest BCUT2D eigenvalue weighted by atomic mass is 9.97. The van der Waals surface area contributed by atoms with Gasteiger partial charge in [0.1, 0.15) is 5.82 Å². The predicted molar refractivity (Wildman–Crippen MR) is 73.0 cm³/mol. The molecule has 1 aliphatic carbocycles. The molecule has 0 radical (unpaired) electrons. The van der Waals surface area contributed by atoms with Crippen molar-refractivity contribution in [1.29, 1.82) is 0 Å². The quantitative estimate of drug-likeness (QED) is 0.770. The molecular formula is C14H23N3. The van der Waals surface area contributed by atoms with Gasteiger partial charge in [0.2, 0.25) is 0 Å². The molecule has 1 heterocycles. The molecule has 3 nitrogen and oxygen atoms in total. The average Bonchev–Trinajstić information content (AvgIpc) is 2.51. The molecule has 1 saturated carbocycles. The van der Waals surface area contributed by atoms with Crippen molar-refractivity contribution in [1.82, 2.24) is 4.98 Å². The molecule has 1 aromatic rings. The first-order valence-electron chi connectivity index (χ1n) is 6.66. The number of hydrogen-bond donors (Lipinski definition) is 2. The molecule has 1 aromatic heterocycles. The van der Waals surface area contributed by atoms with Crippen molar-refractivity contribution >= 4 is 11.5 Å². The summed E-state index contributed by atoms with van der Waals surface area (Å²) in [6.45, 7) is 4.35. The maximum atomic E-state index is 6.06. The van der Waals surface area contributed by atoms with Crippen molar-refractivity contribution in [2.75, 3.05) is 11.1 Å². The molecule has 1 fully saturated rings. The van der Waals surface area contributed by atoms with E-state index in [1.807, 2.05) is 19.2 Å². The van der Waals surface area contributed by atoms with E-state index in [2.05, 4.69) is 17.2 Å². The predicted octanol–water partition coefficient (Wildman–Crippen LogP) is 3.35. The molecule has 2 rings (SSSR count). The van der Waals surface area contributed by atoms with Crippen molar-refractivity contribution < 1.29 is 0 Å². The van der Waals surface area contributed by atoms with Crippen molar-refractivity contribution in [3.05, 3.63) is 17.8 Å². The standard InChI is InChI=1S/C14H23N3/c1-10-6-4-3-5-7-12(10)17-14-13(15)11(2)8-9-16-14/h8-10,12H,3-7,15H2,1-2H3,(H,16,17). The largest absolute Gasteiger partial charge is 0.396 e. The van der Waals surface area contributed by atoms with E-state index in [4.69, 9.17) is 5.73 Å². The van der Waals surface area contributed by atoms with Crippen molar-refractivity contribution in [3.8, 4) is 0 Å². The highest BCUT2D eigenvalue weighted by Gasteiger charge is 2.20. The molecule has 0 aromatic carbocycles. The number of nitrogens with one attached hydrogen (secondary N) is 1. The van der Waals surface area contributed by atoms with Gasteiger partial charge in [-0.25, -0.2) is 4.98 Å². The zero-order chi connectivity index (χ0) is 12.3. The zero-order valence-corrected chi connectivity index (χ0v) is 10.9. The summed E-state index contributed by atoms with van der Waals surface area (Å²) in [5, 5.41) is 3.54. The van der Waals surface area contributed by atoms with Gasteiger partial charge in [0.15, 0.2) is 0 Å². The second kappa shape index (κ2) is 5.39. The van der Waals surface area contributed by atoms with Gasteiger partial charge in [-0.15, -0.1) is 0 Å². The first-order valence-corrected chi connectivity index (χ1v) is 6.66. The van der Waals surface area contributed by atoms with Gasteiger partial charge in [-0.2, -0.15) is 0 Å². The molecule has 2 atom stereocenters. The number of nitrogen functional groups attached to an aromatic ring is 1. The number of nitrogens with zero attached hydrogens (tertiary/aromatic N) is 1. The Kier molecular flexibility index (Phi) is 3.87. The van der Waals surface area contributed by atoms with E-state index in [0.717, 1.165) is 17.1 Å². The fourth-order valence-electron chi connectivity index (χ4n) is 2.57. The van der Waals surface area contributed by atoms with Crippen molar-refractivity contribution in [2.24, 2.45) is 5.92 Å². The van der Waals surface area contributed by atoms with Crippen LogP contribution in [0.15, 0.2) is 12.3 Å². The third-order valence-electron chi connectivity index (χ3n) is 3.89. The topological polar surface area (TPSA) is 50.9 Å². The lowest BCUT2D eigenvalue weighted by Crippen LogP contribution is -2.27. The Balaban J connectivity index is 2.10. The maximum absolute atomic E-state index is 6.06. The molecule has 17 heavy (non-hydrogen) atoms. The van der Waals surface area contributed by atoms with Crippen LogP contribution in [0.25, 0.3) is 0 Å². The molecule has 0 aliphatic heterocycles. The van der Waals surface area contributed by atoms with Crippen molar-refractivity contribution in [2.45, 2.75) is 52.0 Å². The molecule has 94 valence electrons. The van der Waals surface area contributed by atoms with Crippen LogP contribution in [0.3, 0.4) is 0 Å². The Hall–Kier alpha value is -1.25. The molecule has 2 unspecified atom stereocenters. The highest BCUT2D eigenvalue weighted by atomic mass is 15.0. The van der Waals surface area contributed by atoms with Gasteiger partial charge < -0.3 is 11.1 Å². The fraction of sp³-hybridized carbons (Fsp3) is 0.643. The zero-order valence-electron chi connectivity index (χ0n) is 10.9. The first-order chi connectivity index (χ1) is 8.18. The monoisotopic (exact) mass is 233 g/mol. The number of rotatable bonds is 2. The summed E-state index contributed by atoms with van der Waals surface area (Å²) >= 11 is 0. The molecule has 0 bridgehead atoms. The second-order valence-corrected chi connectivity index (χ2v) is 5.26. The highest BCUT2D eigenvalue weighted by molar-refractivity contribution is 5.65. The minimum atomic E-state index is 0.522. The Labute approximate surface area is 104 Å². The number of hydrogen-bond acceptors (Lipinski definition) is 3. The van der Waals surface area contributed by atoms with Crippen LogP contribution in [0.5, 0.6) is 0 Å². The van der Waals surface area contributed by atoms with E-state index in [-0.39, 0.29) is 0 Å². The number of aromatic nitrogens is 1. The Morgan fingerprint density at radius 2 is 2.06 bits per heavy atom. The third-order valence-corrected chi connectivity index (χ3v) is 3.89. The van der Waals surface area contributed by atoms with Gasteiger partial charge >= 0.3 is 0 Å². The van der Waals surface area contributed by atoms with Gasteiger partial charge in [-0.05, 0) is 37.3 Å². The molecule has 1 aliphatic rings. The lowest BCUT2D eigenvalue weighted by Gasteiger charge is -2.24. The number of anilines is 2. The van der Waals surface area contributed by atoms with Gasteiger partial charge in [-0.1, -0.05) is 26.2 Å². The van der Waals surface area contributed by atoms with Gasteiger partial charge in [0.25, 0.3) is 0 Å². The number of aryl methyl sites for hydroxylation is 1. The maximum Gasteiger partial charge on any atom is 0.149 e. The summed E-state index contributed by atoms with van der Waals surface area (Å²) in [5.41, 5.74) is 7.96. The SMILES string of the molecule is Cc1ccnc(NC2CCCCCC2C)c1N. The van der Waals surface area contributed by atoms with E-state index >= 15 is 0 Å². The first kappa shape index (κ1) is 12.2. The number of pyridine rings is 1. The van der Waals surface area contributed by atoms with E-state index in [0.29, 0.717) is 12.0 Å². The summed E-state index contributed by atoms with van der Waals surface area (Å²) in [6, 6.07) is 2.48. The number of nitrogens with two attached hydrogens (primary N) is 1. The third kappa shape index (κ3) is 2.90. The highest BCUT2D eigenvalue weighted by Crippen LogP contribution is 2.27. The van der Waals surface area contributed by atoms with Gasteiger partial charge in [0.05, 0.1) is 5.69 Å². The van der Waals surface area contributed by atoms with Crippen LogP contribution in [0.4, 0.5) is 11.5 Å². The van der Waals surface area contributed by atoms with Gasteiger partial charge in [0, 0.05) is 12.2 Å². The van der Waals surface area contributed by atoms with E-state index < -0.39 is 0 Å². The molecule has 3 heteroatoms. The van der Waals surface area contributed by atoms with Crippen molar-refractivity contribution in [3.63, 3.8) is 0 Å². The van der Waals surface area contributed by atoms with Crippen LogP contribution in [-0.2, 0) is 0 Å². The summed E-state index contributed by atoms with van der Waals surface area (Å²) in [4.78, 5) is 4.36. The summed E-state index contributed by atoms with van der Waals surface area (Å²) in [6.07, 6.45) is 8.40. The van der Waals surface area contributed by atoms with E-state index in [1.54, 1.807) is 0 Å². The minimum Gasteiger partial charge on any atom is -0.396 e. The Bertz CT molecular complexity index is 376. The summed E-state index contributed by atoms with van der Waals surface area (Å²) in [5.74, 6) is 1.57.